The summed E-state index contributed by atoms with van der Waals surface area (Å²) < 4.78 is 5.63. The van der Waals surface area contributed by atoms with Crippen molar-refractivity contribution in [1.82, 2.24) is 0 Å². The summed E-state index contributed by atoms with van der Waals surface area (Å²) in [6.07, 6.45) is 17.5. The van der Waals surface area contributed by atoms with Crippen molar-refractivity contribution in [2.45, 2.75) is 99.0 Å². The van der Waals surface area contributed by atoms with Gasteiger partial charge in [0.2, 0.25) is 0 Å². The maximum Gasteiger partial charge on any atom is 0.302 e. The van der Waals surface area contributed by atoms with E-state index in [4.69, 9.17) is 4.74 Å². The molecule has 32 heavy (non-hydrogen) atoms. The minimum absolute atomic E-state index is 0.115. The largest absolute Gasteiger partial charge is 0.463 e. The van der Waals surface area contributed by atoms with E-state index in [1.165, 1.54) is 44.1 Å². The third kappa shape index (κ3) is 4.05. The van der Waals surface area contributed by atoms with Gasteiger partial charge in [-0.3, -0.25) is 4.79 Å². The Morgan fingerprint density at radius 2 is 1.78 bits per heavy atom. The molecule has 0 aliphatic heterocycles. The van der Waals surface area contributed by atoms with Crippen LogP contribution in [0.2, 0.25) is 0 Å². The summed E-state index contributed by atoms with van der Waals surface area (Å²) in [5.41, 5.74) is 3.89. The lowest BCUT2D eigenvalue weighted by Crippen LogP contribution is -2.50. The Kier molecular flexibility index (Phi) is 6.56. The van der Waals surface area contributed by atoms with E-state index in [2.05, 4.69) is 59.4 Å². The lowest BCUT2D eigenvalue weighted by molar-refractivity contribution is -0.152. The zero-order valence-electron chi connectivity index (χ0n) is 21.5. The molecule has 0 spiro atoms. The number of ether oxygens (including phenoxy) is 1. The van der Waals surface area contributed by atoms with Crippen molar-refractivity contribution in [1.29, 1.82) is 0 Å². The van der Waals surface area contributed by atoms with E-state index in [-0.39, 0.29) is 12.1 Å². The van der Waals surface area contributed by atoms with Crippen LogP contribution in [0.4, 0.5) is 0 Å². The van der Waals surface area contributed by atoms with Gasteiger partial charge in [-0.25, -0.2) is 0 Å². The fraction of sp³-hybridized carbons (Fsp3) is 0.767. The van der Waals surface area contributed by atoms with Crippen molar-refractivity contribution in [3.8, 4) is 0 Å². The standard InChI is InChI=1S/C30H46O2/c1-19(2)20(3)8-9-21(4)26-12-13-27-25-11-10-23-18-24(32-22(5)31)14-16-29(23,6)28(25)15-17-30(26,27)7/h8-9,11,19,21,23-24,26-28H,3,10,12-18H2,1-2,4-7H3. The topological polar surface area (TPSA) is 26.3 Å². The fourth-order valence-corrected chi connectivity index (χ4v) is 8.32. The van der Waals surface area contributed by atoms with Gasteiger partial charge in [0.15, 0.2) is 0 Å². The lowest BCUT2D eigenvalue weighted by Gasteiger charge is -2.57. The summed E-state index contributed by atoms with van der Waals surface area (Å²) in [6.45, 7) is 17.9. The van der Waals surface area contributed by atoms with Gasteiger partial charge in [-0.1, -0.05) is 70.6 Å². The molecule has 2 heteroatoms. The average Bonchev–Trinajstić information content (AvgIpc) is 3.08. The van der Waals surface area contributed by atoms with Crippen LogP contribution in [0.3, 0.4) is 0 Å². The minimum Gasteiger partial charge on any atom is -0.463 e. The van der Waals surface area contributed by atoms with Crippen molar-refractivity contribution in [2.75, 3.05) is 0 Å². The van der Waals surface area contributed by atoms with Crippen molar-refractivity contribution in [2.24, 2.45) is 46.3 Å². The molecule has 4 aliphatic carbocycles. The number of rotatable bonds is 5. The number of hydrogen-bond donors (Lipinski definition) is 0. The van der Waals surface area contributed by atoms with Gasteiger partial charge in [0.05, 0.1) is 0 Å². The Balaban J connectivity index is 1.51. The number of esters is 1. The first-order chi connectivity index (χ1) is 15.1. The zero-order chi connectivity index (χ0) is 23.3. The summed E-state index contributed by atoms with van der Waals surface area (Å²) >= 11 is 0. The predicted molar refractivity (Wildman–Crippen MR) is 133 cm³/mol. The Labute approximate surface area is 197 Å². The molecule has 0 aromatic heterocycles. The zero-order valence-corrected chi connectivity index (χ0v) is 21.5. The second-order valence-corrected chi connectivity index (χ2v) is 12.4. The lowest BCUT2D eigenvalue weighted by atomic mass is 9.47. The number of carbonyl (C=O) groups excluding carboxylic acids is 1. The van der Waals surface area contributed by atoms with Gasteiger partial charge in [0, 0.05) is 6.92 Å². The van der Waals surface area contributed by atoms with Gasteiger partial charge in [-0.15, -0.1) is 0 Å². The molecule has 178 valence electrons. The molecule has 0 aromatic carbocycles. The second-order valence-electron chi connectivity index (χ2n) is 12.4. The van der Waals surface area contributed by atoms with Crippen molar-refractivity contribution < 1.29 is 9.53 Å². The van der Waals surface area contributed by atoms with Crippen LogP contribution in [0.15, 0.2) is 36.0 Å². The molecule has 3 fully saturated rings. The fourth-order valence-electron chi connectivity index (χ4n) is 8.32. The smallest absolute Gasteiger partial charge is 0.302 e. The van der Waals surface area contributed by atoms with E-state index in [0.717, 1.165) is 30.6 Å². The third-order valence-corrected chi connectivity index (χ3v) is 10.4. The summed E-state index contributed by atoms with van der Waals surface area (Å²) in [6, 6.07) is 0. The maximum absolute atomic E-state index is 11.5. The molecule has 2 nitrogen and oxygen atoms in total. The van der Waals surface area contributed by atoms with E-state index in [1.807, 2.05) is 5.57 Å². The Bertz CT molecular complexity index is 804. The molecular formula is C30H46O2. The molecule has 0 saturated heterocycles. The third-order valence-electron chi connectivity index (χ3n) is 10.4. The van der Waals surface area contributed by atoms with E-state index in [9.17, 15) is 4.79 Å². The van der Waals surface area contributed by atoms with E-state index in [0.29, 0.717) is 28.6 Å². The molecule has 4 rings (SSSR count). The van der Waals surface area contributed by atoms with Crippen LogP contribution < -0.4 is 0 Å². The van der Waals surface area contributed by atoms with Crippen molar-refractivity contribution >= 4 is 5.97 Å². The SMILES string of the molecule is C=C(C=CC(C)C1CCC2C3=CCC4CC(OC(C)=O)CCC4(C)C3CCC21C)C(C)C. The summed E-state index contributed by atoms with van der Waals surface area (Å²) in [5.74, 6) is 3.97. The van der Waals surface area contributed by atoms with Crippen LogP contribution in [0.5, 0.6) is 0 Å². The van der Waals surface area contributed by atoms with Crippen molar-refractivity contribution in [3.63, 3.8) is 0 Å². The highest BCUT2D eigenvalue weighted by atomic mass is 16.5. The Hall–Kier alpha value is -1.31. The van der Waals surface area contributed by atoms with Crippen LogP contribution in [-0.4, -0.2) is 12.1 Å². The first kappa shape index (κ1) is 23.8. The monoisotopic (exact) mass is 438 g/mol. The summed E-state index contributed by atoms with van der Waals surface area (Å²) in [5, 5.41) is 0. The number of allylic oxidation sites excluding steroid dienone is 5. The summed E-state index contributed by atoms with van der Waals surface area (Å²) in [7, 11) is 0. The highest BCUT2D eigenvalue weighted by Crippen LogP contribution is 2.66. The number of carbonyl (C=O) groups is 1. The molecule has 0 radical (unpaired) electrons. The molecule has 0 amide bonds. The molecular weight excluding hydrogens is 392 g/mol. The highest BCUT2D eigenvalue weighted by Gasteiger charge is 2.58. The van der Waals surface area contributed by atoms with Crippen LogP contribution in [0, 0.1) is 46.3 Å². The summed E-state index contributed by atoms with van der Waals surface area (Å²) in [4.78, 5) is 11.5. The highest BCUT2D eigenvalue weighted by molar-refractivity contribution is 5.66. The maximum atomic E-state index is 11.5. The second kappa shape index (κ2) is 8.80. The van der Waals surface area contributed by atoms with E-state index >= 15 is 0 Å². The molecule has 0 bridgehead atoms. The van der Waals surface area contributed by atoms with Gasteiger partial charge in [-0.05, 0) is 97.7 Å². The van der Waals surface area contributed by atoms with Gasteiger partial charge in [0.1, 0.15) is 6.10 Å². The number of hydrogen-bond acceptors (Lipinski definition) is 2. The molecule has 8 atom stereocenters. The number of fused-ring (bicyclic) bond motifs is 5. The predicted octanol–water partition coefficient (Wildman–Crippen LogP) is 7.90. The normalized spacial score (nSPS) is 42.1. The van der Waals surface area contributed by atoms with Crippen LogP contribution >= 0.6 is 0 Å². The molecule has 3 saturated carbocycles. The van der Waals surface area contributed by atoms with Gasteiger partial charge >= 0.3 is 5.97 Å². The first-order valence-corrected chi connectivity index (χ1v) is 13.3. The van der Waals surface area contributed by atoms with E-state index in [1.54, 1.807) is 6.92 Å². The van der Waals surface area contributed by atoms with E-state index < -0.39 is 0 Å². The molecule has 0 heterocycles. The van der Waals surface area contributed by atoms with Crippen LogP contribution in [-0.2, 0) is 9.53 Å². The Morgan fingerprint density at radius 3 is 2.47 bits per heavy atom. The van der Waals surface area contributed by atoms with Crippen LogP contribution in [0.25, 0.3) is 0 Å². The molecule has 0 N–H and O–H groups in total. The van der Waals surface area contributed by atoms with Crippen molar-refractivity contribution in [3.05, 3.63) is 36.0 Å². The average molecular weight is 439 g/mol. The molecule has 4 aliphatic rings. The first-order valence-electron chi connectivity index (χ1n) is 13.3. The molecule has 0 aromatic rings. The van der Waals surface area contributed by atoms with Gasteiger partial charge < -0.3 is 4.74 Å². The Morgan fingerprint density at radius 1 is 1.09 bits per heavy atom. The van der Waals surface area contributed by atoms with Gasteiger partial charge in [0.25, 0.3) is 0 Å². The van der Waals surface area contributed by atoms with Gasteiger partial charge in [-0.2, -0.15) is 0 Å². The quantitative estimate of drug-likeness (QED) is 0.248. The van der Waals surface area contributed by atoms with Crippen LogP contribution in [0.1, 0.15) is 92.9 Å². The molecule has 8 unspecified atom stereocenters. The minimum atomic E-state index is -0.115.